The molecule has 1 aliphatic rings. The summed E-state index contributed by atoms with van der Waals surface area (Å²) in [6.07, 6.45) is 2.29. The van der Waals surface area contributed by atoms with Crippen molar-refractivity contribution in [1.82, 2.24) is 19.4 Å². The zero-order chi connectivity index (χ0) is 18.4. The normalized spacial score (nSPS) is 14.6. The number of fused-ring (bicyclic) bond motifs is 2. The van der Waals surface area contributed by atoms with Gasteiger partial charge in [-0.1, -0.05) is 18.2 Å². The van der Waals surface area contributed by atoms with Gasteiger partial charge in [-0.25, -0.2) is 4.98 Å². The lowest BCUT2D eigenvalue weighted by molar-refractivity contribution is 0.236. The molecule has 0 aliphatic carbocycles. The smallest absolute Gasteiger partial charge is 0.254 e. The molecule has 0 atom stereocenters. The molecule has 6 nitrogen and oxygen atoms in total. The van der Waals surface area contributed by atoms with Gasteiger partial charge in [0.05, 0.1) is 12.0 Å². The van der Waals surface area contributed by atoms with E-state index in [9.17, 15) is 4.79 Å². The number of nitrogens with zero attached hydrogens (tertiary/aromatic N) is 3. The zero-order valence-corrected chi connectivity index (χ0v) is 15.1. The van der Waals surface area contributed by atoms with E-state index in [0.717, 1.165) is 24.3 Å². The van der Waals surface area contributed by atoms with Gasteiger partial charge >= 0.3 is 0 Å². The second kappa shape index (κ2) is 6.25. The number of benzene rings is 1. The van der Waals surface area contributed by atoms with Crippen molar-refractivity contribution in [2.24, 2.45) is 7.05 Å². The topological polar surface area (TPSA) is 67.1 Å². The van der Waals surface area contributed by atoms with Gasteiger partial charge in [0.1, 0.15) is 0 Å². The maximum atomic E-state index is 12.5. The molecule has 4 aromatic rings. The van der Waals surface area contributed by atoms with E-state index in [1.54, 1.807) is 18.4 Å². The van der Waals surface area contributed by atoms with Crippen LogP contribution < -0.4 is 5.56 Å². The van der Waals surface area contributed by atoms with Crippen molar-refractivity contribution in [2.75, 3.05) is 6.54 Å². The van der Waals surface area contributed by atoms with Crippen LogP contribution in [0.3, 0.4) is 0 Å². The van der Waals surface area contributed by atoms with E-state index in [1.165, 1.54) is 16.6 Å². The molecule has 27 heavy (non-hydrogen) atoms. The van der Waals surface area contributed by atoms with Gasteiger partial charge in [0.25, 0.3) is 5.56 Å². The fourth-order valence-corrected chi connectivity index (χ4v) is 3.89. The van der Waals surface area contributed by atoms with Crippen molar-refractivity contribution in [3.63, 3.8) is 0 Å². The Morgan fingerprint density at radius 3 is 2.93 bits per heavy atom. The van der Waals surface area contributed by atoms with E-state index in [4.69, 9.17) is 4.42 Å². The average Bonchev–Trinajstić information content (AvgIpc) is 3.31. The number of aryl methyl sites for hydroxylation is 1. The molecule has 0 radical (unpaired) electrons. The van der Waals surface area contributed by atoms with Crippen LogP contribution in [0, 0.1) is 0 Å². The summed E-state index contributed by atoms with van der Waals surface area (Å²) in [5.74, 6) is 1.08. The molecule has 3 aromatic heterocycles. The first-order valence-corrected chi connectivity index (χ1v) is 9.10. The largest absolute Gasteiger partial charge is 0.461 e. The van der Waals surface area contributed by atoms with Crippen LogP contribution in [-0.2, 0) is 26.6 Å². The van der Waals surface area contributed by atoms with Gasteiger partial charge in [0.15, 0.2) is 11.6 Å². The van der Waals surface area contributed by atoms with E-state index in [1.807, 2.05) is 0 Å². The third-order valence-corrected chi connectivity index (χ3v) is 5.34. The average molecular weight is 360 g/mol. The van der Waals surface area contributed by atoms with Crippen LogP contribution in [0.2, 0.25) is 0 Å². The second-order valence-corrected chi connectivity index (χ2v) is 7.03. The molecule has 0 saturated heterocycles. The predicted octanol–water partition coefficient (Wildman–Crippen LogP) is 3.08. The van der Waals surface area contributed by atoms with Crippen molar-refractivity contribution in [2.45, 2.75) is 19.5 Å². The predicted molar refractivity (Wildman–Crippen MR) is 103 cm³/mol. The van der Waals surface area contributed by atoms with Gasteiger partial charge < -0.3 is 14.0 Å². The summed E-state index contributed by atoms with van der Waals surface area (Å²) in [5, 5.41) is 1.25. The van der Waals surface area contributed by atoms with Gasteiger partial charge in [-0.05, 0) is 36.1 Å². The van der Waals surface area contributed by atoms with Crippen molar-refractivity contribution < 1.29 is 4.42 Å². The fourth-order valence-electron chi connectivity index (χ4n) is 3.89. The highest BCUT2D eigenvalue weighted by Crippen LogP contribution is 2.23. The Balaban J connectivity index is 1.45. The summed E-state index contributed by atoms with van der Waals surface area (Å²) in [6.45, 7) is 2.34. The van der Waals surface area contributed by atoms with Gasteiger partial charge in [0.2, 0.25) is 0 Å². The molecule has 0 bridgehead atoms. The summed E-state index contributed by atoms with van der Waals surface area (Å²) in [7, 11) is 2.10. The number of aromatic amines is 1. The van der Waals surface area contributed by atoms with Crippen molar-refractivity contribution in [3.05, 3.63) is 76.0 Å². The molecule has 4 heterocycles. The molecule has 1 aromatic carbocycles. The third kappa shape index (κ3) is 2.78. The molecule has 6 heteroatoms. The Bertz CT molecular complexity index is 1170. The number of furan rings is 1. The molecule has 0 unspecified atom stereocenters. The summed E-state index contributed by atoms with van der Waals surface area (Å²) >= 11 is 0. The molecule has 0 amide bonds. The number of hydrogen-bond donors (Lipinski definition) is 1. The number of rotatable bonds is 3. The lowest BCUT2D eigenvalue weighted by atomic mass is 10.1. The minimum absolute atomic E-state index is 0.0596. The lowest BCUT2D eigenvalue weighted by Crippen LogP contribution is -2.35. The molecule has 0 saturated carbocycles. The molecule has 5 rings (SSSR count). The van der Waals surface area contributed by atoms with Crippen LogP contribution in [0.4, 0.5) is 0 Å². The molecule has 136 valence electrons. The molecule has 1 aliphatic heterocycles. The lowest BCUT2D eigenvalue weighted by Gasteiger charge is -2.27. The van der Waals surface area contributed by atoms with E-state index in [0.29, 0.717) is 24.6 Å². The van der Waals surface area contributed by atoms with Gasteiger partial charge in [0, 0.05) is 43.5 Å². The molecule has 0 spiro atoms. The SMILES string of the molecule is Cn1c(CN2CCc3c(nc(-c4ccco4)[nH]c3=O)C2)cc2ccccc21. The van der Waals surface area contributed by atoms with Crippen molar-refractivity contribution in [1.29, 1.82) is 0 Å². The summed E-state index contributed by atoms with van der Waals surface area (Å²) in [6, 6.07) is 14.2. The minimum atomic E-state index is -0.0596. The first-order valence-electron chi connectivity index (χ1n) is 9.10. The highest BCUT2D eigenvalue weighted by atomic mass is 16.3. The zero-order valence-electron chi connectivity index (χ0n) is 15.1. The fraction of sp³-hybridized carbons (Fsp3) is 0.238. The second-order valence-electron chi connectivity index (χ2n) is 7.03. The Morgan fingerprint density at radius 1 is 1.22 bits per heavy atom. The van der Waals surface area contributed by atoms with Crippen LogP contribution in [0.25, 0.3) is 22.5 Å². The first-order chi connectivity index (χ1) is 13.2. The third-order valence-electron chi connectivity index (χ3n) is 5.34. The van der Waals surface area contributed by atoms with E-state index in [2.05, 4.69) is 56.8 Å². The summed E-state index contributed by atoms with van der Waals surface area (Å²) < 4.78 is 7.63. The van der Waals surface area contributed by atoms with Crippen LogP contribution in [0.1, 0.15) is 17.0 Å². The van der Waals surface area contributed by atoms with Gasteiger partial charge in [-0.15, -0.1) is 0 Å². The number of hydrogen-bond acceptors (Lipinski definition) is 4. The molecular formula is C21H20N4O2. The number of para-hydroxylation sites is 1. The Morgan fingerprint density at radius 2 is 2.11 bits per heavy atom. The number of H-pyrrole nitrogens is 1. The first kappa shape index (κ1) is 16.1. The van der Waals surface area contributed by atoms with Crippen LogP contribution in [0.15, 0.2) is 57.9 Å². The van der Waals surface area contributed by atoms with Crippen LogP contribution in [0.5, 0.6) is 0 Å². The van der Waals surface area contributed by atoms with E-state index in [-0.39, 0.29) is 5.56 Å². The van der Waals surface area contributed by atoms with E-state index < -0.39 is 0 Å². The van der Waals surface area contributed by atoms with Gasteiger partial charge in [-0.2, -0.15) is 0 Å². The minimum Gasteiger partial charge on any atom is -0.461 e. The van der Waals surface area contributed by atoms with Crippen molar-refractivity contribution >= 4 is 10.9 Å². The molecular weight excluding hydrogens is 340 g/mol. The van der Waals surface area contributed by atoms with Crippen molar-refractivity contribution in [3.8, 4) is 11.6 Å². The quantitative estimate of drug-likeness (QED) is 0.610. The monoisotopic (exact) mass is 360 g/mol. The Labute approximate surface area is 156 Å². The van der Waals surface area contributed by atoms with Crippen LogP contribution >= 0.6 is 0 Å². The summed E-state index contributed by atoms with van der Waals surface area (Å²) in [4.78, 5) is 22.3. The molecule has 1 N–H and O–H groups in total. The van der Waals surface area contributed by atoms with E-state index >= 15 is 0 Å². The number of nitrogens with one attached hydrogen (secondary N) is 1. The highest BCUT2D eigenvalue weighted by Gasteiger charge is 2.22. The van der Waals surface area contributed by atoms with Crippen LogP contribution in [-0.4, -0.2) is 26.0 Å². The maximum absolute atomic E-state index is 12.5. The Kier molecular flexibility index (Phi) is 3.72. The highest BCUT2D eigenvalue weighted by molar-refractivity contribution is 5.81. The maximum Gasteiger partial charge on any atom is 0.254 e. The summed E-state index contributed by atoms with van der Waals surface area (Å²) in [5.41, 5.74) is 4.07. The Hall–Kier alpha value is -3.12. The number of aromatic nitrogens is 3. The van der Waals surface area contributed by atoms with Gasteiger partial charge in [-0.3, -0.25) is 9.69 Å². The standard InChI is InChI=1S/C21H20N4O2/c1-24-15(11-14-5-2-3-6-18(14)24)12-25-9-8-16-17(13-25)22-20(23-21(16)26)19-7-4-10-27-19/h2-7,10-11H,8-9,12-13H2,1H3,(H,22,23,26). The molecule has 0 fully saturated rings.